The lowest BCUT2D eigenvalue weighted by Crippen LogP contribution is -2.15. The van der Waals surface area contributed by atoms with E-state index >= 15 is 0 Å². The minimum atomic E-state index is 0.282. The highest BCUT2D eigenvalue weighted by Crippen LogP contribution is 2.21. The van der Waals surface area contributed by atoms with Crippen LogP contribution in [0.2, 0.25) is 0 Å². The van der Waals surface area contributed by atoms with Crippen LogP contribution in [0.1, 0.15) is 17.8 Å². The average Bonchev–Trinajstić information content (AvgIpc) is 2.63. The molecule has 1 fully saturated rings. The van der Waals surface area contributed by atoms with E-state index in [1.165, 1.54) is 0 Å². The van der Waals surface area contributed by atoms with E-state index in [4.69, 9.17) is 5.73 Å². The highest BCUT2D eigenvalue weighted by molar-refractivity contribution is 5.32. The van der Waals surface area contributed by atoms with Crippen molar-refractivity contribution in [3.63, 3.8) is 0 Å². The van der Waals surface area contributed by atoms with Gasteiger partial charge in [-0.1, -0.05) is 0 Å². The van der Waals surface area contributed by atoms with Gasteiger partial charge in [-0.25, -0.2) is 9.97 Å². The van der Waals surface area contributed by atoms with E-state index in [1.807, 2.05) is 19.9 Å². The second kappa shape index (κ2) is 2.96. The first-order valence-electron chi connectivity index (χ1n) is 4.49. The second-order valence-electron chi connectivity index (χ2n) is 3.62. The number of nitrogens with one attached hydrogen (secondary N) is 1. The molecule has 0 amide bonds. The molecule has 2 rings (SSSR count). The van der Waals surface area contributed by atoms with E-state index in [2.05, 4.69) is 15.3 Å². The maximum Gasteiger partial charge on any atom is 0.223 e. The maximum atomic E-state index is 5.67. The van der Waals surface area contributed by atoms with Gasteiger partial charge in [0.2, 0.25) is 5.95 Å². The molecule has 13 heavy (non-hydrogen) atoms. The van der Waals surface area contributed by atoms with Gasteiger partial charge >= 0.3 is 0 Å². The number of aromatic nitrogens is 2. The van der Waals surface area contributed by atoms with Crippen LogP contribution in [0.25, 0.3) is 0 Å². The first-order valence-corrected chi connectivity index (χ1v) is 4.49. The zero-order valence-electron chi connectivity index (χ0n) is 7.91. The molecular formula is C9H14N4. The van der Waals surface area contributed by atoms with Crippen LogP contribution in [0.5, 0.6) is 0 Å². The molecule has 0 spiro atoms. The van der Waals surface area contributed by atoms with Gasteiger partial charge in [0.25, 0.3) is 0 Å². The van der Waals surface area contributed by atoms with E-state index in [0.29, 0.717) is 12.0 Å². The molecule has 4 nitrogen and oxygen atoms in total. The second-order valence-corrected chi connectivity index (χ2v) is 3.62. The zero-order valence-corrected chi connectivity index (χ0v) is 7.91. The maximum absolute atomic E-state index is 5.67. The fraction of sp³-hybridized carbons (Fsp3) is 0.556. The molecule has 1 aliphatic rings. The summed E-state index contributed by atoms with van der Waals surface area (Å²) in [6, 6.07) is 2.61. The Kier molecular flexibility index (Phi) is 1.92. The van der Waals surface area contributed by atoms with Crippen LogP contribution >= 0.6 is 0 Å². The Balaban J connectivity index is 2.11. The molecule has 1 saturated carbocycles. The number of nitrogens with two attached hydrogens (primary N) is 1. The van der Waals surface area contributed by atoms with Crippen molar-refractivity contribution in [2.24, 2.45) is 5.73 Å². The topological polar surface area (TPSA) is 63.8 Å². The monoisotopic (exact) mass is 178 g/mol. The van der Waals surface area contributed by atoms with Gasteiger partial charge in [-0.2, -0.15) is 0 Å². The van der Waals surface area contributed by atoms with Crippen LogP contribution in [0, 0.1) is 13.8 Å². The molecule has 0 bridgehead atoms. The molecule has 1 heterocycles. The Morgan fingerprint density at radius 3 is 2.38 bits per heavy atom. The third-order valence-electron chi connectivity index (χ3n) is 2.14. The predicted molar refractivity (Wildman–Crippen MR) is 51.5 cm³/mol. The molecule has 0 saturated heterocycles. The van der Waals surface area contributed by atoms with Crippen LogP contribution < -0.4 is 11.1 Å². The number of hydrogen-bond donors (Lipinski definition) is 2. The molecule has 1 aliphatic carbocycles. The smallest absolute Gasteiger partial charge is 0.223 e. The van der Waals surface area contributed by atoms with Gasteiger partial charge in [0, 0.05) is 23.5 Å². The van der Waals surface area contributed by atoms with Crippen molar-refractivity contribution in [2.45, 2.75) is 32.4 Å². The molecule has 2 atom stereocenters. The SMILES string of the molecule is Cc1cc(C)nc(NC2CC2N)n1. The molecular weight excluding hydrogens is 164 g/mol. The molecule has 3 N–H and O–H groups in total. The minimum Gasteiger partial charge on any atom is -0.350 e. The summed E-state index contributed by atoms with van der Waals surface area (Å²) in [7, 11) is 0. The van der Waals surface area contributed by atoms with Gasteiger partial charge in [0.1, 0.15) is 0 Å². The van der Waals surface area contributed by atoms with Gasteiger partial charge in [0.05, 0.1) is 0 Å². The first-order chi connectivity index (χ1) is 6.15. The van der Waals surface area contributed by atoms with E-state index in [1.54, 1.807) is 0 Å². The predicted octanol–water partition coefficient (Wildman–Crippen LogP) is 0.605. The Labute approximate surface area is 77.6 Å². The first kappa shape index (κ1) is 8.44. The number of nitrogens with zero attached hydrogens (tertiary/aromatic N) is 2. The third kappa shape index (κ3) is 1.95. The molecule has 1 aromatic rings. The quantitative estimate of drug-likeness (QED) is 0.696. The standard InChI is InChI=1S/C9H14N4/c1-5-3-6(2)12-9(11-5)13-8-4-7(8)10/h3,7-8H,4,10H2,1-2H3,(H,11,12,13). The molecule has 0 aliphatic heterocycles. The summed E-state index contributed by atoms with van der Waals surface area (Å²) in [6.45, 7) is 3.93. The Morgan fingerprint density at radius 1 is 1.38 bits per heavy atom. The number of anilines is 1. The van der Waals surface area contributed by atoms with Gasteiger partial charge in [-0.15, -0.1) is 0 Å². The fourth-order valence-electron chi connectivity index (χ4n) is 1.34. The Bertz CT molecular complexity index is 303. The molecule has 2 unspecified atom stereocenters. The lowest BCUT2D eigenvalue weighted by Gasteiger charge is -2.04. The minimum absolute atomic E-state index is 0.282. The molecule has 1 aromatic heterocycles. The van der Waals surface area contributed by atoms with Crippen molar-refractivity contribution < 1.29 is 0 Å². The Morgan fingerprint density at radius 2 is 1.92 bits per heavy atom. The van der Waals surface area contributed by atoms with Crippen molar-refractivity contribution in [3.8, 4) is 0 Å². The number of aryl methyl sites for hydroxylation is 2. The van der Waals surface area contributed by atoms with Crippen LogP contribution in [-0.2, 0) is 0 Å². The fourth-order valence-corrected chi connectivity index (χ4v) is 1.34. The summed E-state index contributed by atoms with van der Waals surface area (Å²) in [5.74, 6) is 0.704. The highest BCUT2D eigenvalue weighted by Gasteiger charge is 2.33. The van der Waals surface area contributed by atoms with E-state index in [0.717, 1.165) is 17.8 Å². The summed E-state index contributed by atoms with van der Waals surface area (Å²) in [5, 5.41) is 3.20. The van der Waals surface area contributed by atoms with Crippen molar-refractivity contribution in [1.82, 2.24) is 9.97 Å². The van der Waals surface area contributed by atoms with Gasteiger partial charge in [0.15, 0.2) is 0 Å². The normalized spacial score (nSPS) is 25.8. The van der Waals surface area contributed by atoms with Crippen LogP contribution in [0.4, 0.5) is 5.95 Å². The number of rotatable bonds is 2. The van der Waals surface area contributed by atoms with E-state index < -0.39 is 0 Å². The highest BCUT2D eigenvalue weighted by atomic mass is 15.2. The van der Waals surface area contributed by atoms with Crippen LogP contribution in [0.15, 0.2) is 6.07 Å². The Hall–Kier alpha value is -1.16. The van der Waals surface area contributed by atoms with Gasteiger partial charge in [-0.3, -0.25) is 0 Å². The van der Waals surface area contributed by atoms with E-state index in [-0.39, 0.29) is 6.04 Å². The van der Waals surface area contributed by atoms with E-state index in [9.17, 15) is 0 Å². The zero-order chi connectivity index (χ0) is 9.42. The molecule has 0 radical (unpaired) electrons. The summed E-state index contributed by atoms with van der Waals surface area (Å²) >= 11 is 0. The lowest BCUT2D eigenvalue weighted by molar-refractivity contribution is 0.959. The molecule has 0 aromatic carbocycles. The third-order valence-corrected chi connectivity index (χ3v) is 2.14. The number of hydrogen-bond acceptors (Lipinski definition) is 4. The molecule has 4 heteroatoms. The van der Waals surface area contributed by atoms with Gasteiger partial charge in [-0.05, 0) is 26.3 Å². The van der Waals surface area contributed by atoms with Crippen LogP contribution in [-0.4, -0.2) is 22.1 Å². The summed E-state index contributed by atoms with van der Waals surface area (Å²) in [6.07, 6.45) is 1.02. The van der Waals surface area contributed by atoms with Crippen molar-refractivity contribution >= 4 is 5.95 Å². The molecule has 70 valence electrons. The average molecular weight is 178 g/mol. The summed E-state index contributed by atoms with van der Waals surface area (Å²) in [4.78, 5) is 8.54. The van der Waals surface area contributed by atoms with Crippen LogP contribution in [0.3, 0.4) is 0 Å². The van der Waals surface area contributed by atoms with Gasteiger partial charge < -0.3 is 11.1 Å². The van der Waals surface area contributed by atoms with Crippen molar-refractivity contribution in [1.29, 1.82) is 0 Å². The lowest BCUT2D eigenvalue weighted by atomic mass is 10.4. The van der Waals surface area contributed by atoms with Crippen molar-refractivity contribution in [3.05, 3.63) is 17.5 Å². The summed E-state index contributed by atoms with van der Waals surface area (Å²) < 4.78 is 0. The summed E-state index contributed by atoms with van der Waals surface area (Å²) in [5.41, 5.74) is 7.65. The van der Waals surface area contributed by atoms with Crippen molar-refractivity contribution in [2.75, 3.05) is 5.32 Å². The largest absolute Gasteiger partial charge is 0.350 e.